The Morgan fingerprint density at radius 2 is 2.09 bits per heavy atom. The van der Waals surface area contributed by atoms with Gasteiger partial charge in [0.15, 0.2) is 6.29 Å². The highest BCUT2D eigenvalue weighted by molar-refractivity contribution is 5.90. The van der Waals surface area contributed by atoms with Crippen molar-refractivity contribution in [2.75, 3.05) is 13.7 Å². The van der Waals surface area contributed by atoms with E-state index >= 15 is 0 Å². The molecule has 0 aliphatic carbocycles. The maximum atomic E-state index is 11.8. The molecule has 1 heterocycles. The summed E-state index contributed by atoms with van der Waals surface area (Å²) in [6.07, 6.45) is 6.95. The molecule has 1 aromatic rings. The molecule has 0 spiro atoms. The van der Waals surface area contributed by atoms with E-state index in [0.717, 1.165) is 37.2 Å². The number of carbonyl (C=O) groups excluding carboxylic acids is 1. The fourth-order valence-electron chi connectivity index (χ4n) is 2.32. The fourth-order valence-corrected chi connectivity index (χ4v) is 2.32. The molecule has 0 saturated carbocycles. The maximum Gasteiger partial charge on any atom is 0.337 e. The molecule has 1 saturated heterocycles. The van der Waals surface area contributed by atoms with Crippen molar-refractivity contribution in [2.24, 2.45) is 5.41 Å². The molecule has 126 valence electrons. The quantitative estimate of drug-likeness (QED) is 0.770. The second kappa shape index (κ2) is 7.64. The number of esters is 1. The minimum absolute atomic E-state index is 0.0415. The Morgan fingerprint density at radius 3 is 2.70 bits per heavy atom. The van der Waals surface area contributed by atoms with E-state index in [2.05, 4.69) is 26.8 Å². The highest BCUT2D eigenvalue weighted by Gasteiger charge is 2.18. The molecule has 1 aliphatic rings. The standard InChI is InChI=1S/C19H26O4/c1-19(2,3)11-10-14-13-15(18(20)21-4)8-9-16(14)23-17-7-5-6-12-22-17/h8-11,13,17H,5-7,12H2,1-4H3. The Bertz CT molecular complexity index is 563. The van der Waals surface area contributed by atoms with Crippen LogP contribution in [0.1, 0.15) is 56.0 Å². The molecule has 0 bridgehead atoms. The van der Waals surface area contributed by atoms with Crippen LogP contribution in [-0.4, -0.2) is 26.0 Å². The largest absolute Gasteiger partial charge is 0.465 e. The zero-order valence-corrected chi connectivity index (χ0v) is 14.4. The van der Waals surface area contributed by atoms with Crippen molar-refractivity contribution in [3.8, 4) is 5.75 Å². The lowest BCUT2D eigenvalue weighted by atomic mass is 9.95. The second-order valence-electron chi connectivity index (χ2n) is 6.86. The Hall–Kier alpha value is -1.81. The minimum atomic E-state index is -0.351. The van der Waals surface area contributed by atoms with E-state index in [4.69, 9.17) is 14.2 Å². The minimum Gasteiger partial charge on any atom is -0.465 e. The average Bonchev–Trinajstić information content (AvgIpc) is 2.53. The van der Waals surface area contributed by atoms with Gasteiger partial charge in [0.25, 0.3) is 0 Å². The van der Waals surface area contributed by atoms with Gasteiger partial charge in [-0.1, -0.05) is 32.9 Å². The van der Waals surface area contributed by atoms with Gasteiger partial charge in [-0.25, -0.2) is 4.79 Å². The van der Waals surface area contributed by atoms with Crippen LogP contribution in [0.3, 0.4) is 0 Å². The molecule has 2 rings (SSSR count). The maximum absolute atomic E-state index is 11.8. The Labute approximate surface area is 138 Å². The van der Waals surface area contributed by atoms with Crippen molar-refractivity contribution in [3.05, 3.63) is 35.4 Å². The molecule has 23 heavy (non-hydrogen) atoms. The van der Waals surface area contributed by atoms with Gasteiger partial charge in [0.2, 0.25) is 0 Å². The van der Waals surface area contributed by atoms with Gasteiger partial charge in [-0.05, 0) is 36.5 Å². The smallest absolute Gasteiger partial charge is 0.337 e. The van der Waals surface area contributed by atoms with Crippen molar-refractivity contribution in [3.63, 3.8) is 0 Å². The lowest BCUT2D eigenvalue weighted by Gasteiger charge is -2.24. The molecule has 0 N–H and O–H groups in total. The number of allylic oxidation sites excluding steroid dienone is 1. The first-order valence-electron chi connectivity index (χ1n) is 8.09. The third-order valence-electron chi connectivity index (χ3n) is 3.59. The first-order valence-corrected chi connectivity index (χ1v) is 8.09. The van der Waals surface area contributed by atoms with Crippen molar-refractivity contribution < 1.29 is 19.0 Å². The zero-order valence-electron chi connectivity index (χ0n) is 14.4. The Morgan fingerprint density at radius 1 is 1.30 bits per heavy atom. The number of carbonyl (C=O) groups is 1. The van der Waals surface area contributed by atoms with Gasteiger partial charge in [0.1, 0.15) is 5.75 Å². The highest BCUT2D eigenvalue weighted by atomic mass is 16.7. The van der Waals surface area contributed by atoms with Crippen LogP contribution in [0.5, 0.6) is 5.75 Å². The molecule has 1 aliphatic heterocycles. The van der Waals surface area contributed by atoms with Gasteiger partial charge in [-0.3, -0.25) is 0 Å². The van der Waals surface area contributed by atoms with Crippen molar-refractivity contribution >= 4 is 12.0 Å². The van der Waals surface area contributed by atoms with Crippen LogP contribution in [0.4, 0.5) is 0 Å². The number of hydrogen-bond donors (Lipinski definition) is 0. The summed E-state index contributed by atoms with van der Waals surface area (Å²) in [5.41, 5.74) is 1.41. The number of ether oxygens (including phenoxy) is 3. The summed E-state index contributed by atoms with van der Waals surface area (Å²) in [6, 6.07) is 5.33. The van der Waals surface area contributed by atoms with Gasteiger partial charge < -0.3 is 14.2 Å². The summed E-state index contributed by atoms with van der Waals surface area (Å²) >= 11 is 0. The third-order valence-corrected chi connectivity index (χ3v) is 3.59. The molecular weight excluding hydrogens is 292 g/mol. The van der Waals surface area contributed by atoms with Crippen molar-refractivity contribution in [1.29, 1.82) is 0 Å². The summed E-state index contributed by atoms with van der Waals surface area (Å²) in [4.78, 5) is 11.8. The summed E-state index contributed by atoms with van der Waals surface area (Å²) in [5.74, 6) is 0.376. The van der Waals surface area contributed by atoms with Crippen LogP contribution in [0.25, 0.3) is 6.08 Å². The molecule has 4 nitrogen and oxygen atoms in total. The second-order valence-corrected chi connectivity index (χ2v) is 6.86. The van der Waals surface area contributed by atoms with Gasteiger partial charge in [-0.15, -0.1) is 0 Å². The van der Waals surface area contributed by atoms with Crippen LogP contribution in [0.2, 0.25) is 0 Å². The summed E-state index contributed by atoms with van der Waals surface area (Å²) in [7, 11) is 1.38. The van der Waals surface area contributed by atoms with Gasteiger partial charge in [0, 0.05) is 12.0 Å². The lowest BCUT2D eigenvalue weighted by molar-refractivity contribution is -0.106. The number of benzene rings is 1. The number of hydrogen-bond acceptors (Lipinski definition) is 4. The topological polar surface area (TPSA) is 44.8 Å². The first kappa shape index (κ1) is 17.5. The molecule has 1 aromatic carbocycles. The molecule has 1 atom stereocenters. The molecular formula is C19H26O4. The highest BCUT2D eigenvalue weighted by Crippen LogP contribution is 2.27. The molecule has 0 aromatic heterocycles. The summed E-state index contributed by atoms with van der Waals surface area (Å²) in [5, 5.41) is 0. The molecule has 0 radical (unpaired) electrons. The molecule has 4 heteroatoms. The fraction of sp³-hybridized carbons (Fsp3) is 0.526. The predicted octanol–water partition coefficient (Wildman–Crippen LogP) is 4.44. The lowest BCUT2D eigenvalue weighted by Crippen LogP contribution is -2.25. The summed E-state index contributed by atoms with van der Waals surface area (Å²) < 4.78 is 16.4. The van der Waals surface area contributed by atoms with Crippen LogP contribution < -0.4 is 4.74 Å². The average molecular weight is 318 g/mol. The predicted molar refractivity (Wildman–Crippen MR) is 90.5 cm³/mol. The summed E-state index contributed by atoms with van der Waals surface area (Å²) in [6.45, 7) is 7.10. The van der Waals surface area contributed by atoms with E-state index in [1.165, 1.54) is 7.11 Å². The molecule has 1 unspecified atom stereocenters. The van der Waals surface area contributed by atoms with E-state index in [-0.39, 0.29) is 17.7 Å². The third kappa shape index (κ3) is 5.39. The van der Waals surface area contributed by atoms with Crippen LogP contribution in [0.15, 0.2) is 24.3 Å². The van der Waals surface area contributed by atoms with Crippen LogP contribution in [0, 0.1) is 5.41 Å². The van der Waals surface area contributed by atoms with Crippen molar-refractivity contribution in [1.82, 2.24) is 0 Å². The number of rotatable bonds is 4. The van der Waals surface area contributed by atoms with E-state index < -0.39 is 0 Å². The van der Waals surface area contributed by atoms with Gasteiger partial charge in [-0.2, -0.15) is 0 Å². The van der Waals surface area contributed by atoms with Crippen molar-refractivity contribution in [2.45, 2.75) is 46.3 Å². The van der Waals surface area contributed by atoms with E-state index in [1.807, 2.05) is 12.1 Å². The SMILES string of the molecule is COC(=O)c1ccc(OC2CCCCO2)c(C=CC(C)(C)C)c1. The van der Waals surface area contributed by atoms with E-state index in [1.54, 1.807) is 12.1 Å². The van der Waals surface area contributed by atoms with Gasteiger partial charge in [0.05, 0.1) is 19.3 Å². The first-order chi connectivity index (χ1) is 10.9. The zero-order chi connectivity index (χ0) is 16.9. The normalized spacial score (nSPS) is 18.9. The monoisotopic (exact) mass is 318 g/mol. The van der Waals surface area contributed by atoms with Crippen LogP contribution in [-0.2, 0) is 9.47 Å². The van der Waals surface area contributed by atoms with E-state index in [0.29, 0.717) is 5.56 Å². The number of methoxy groups -OCH3 is 1. The Kier molecular flexibility index (Phi) is 5.83. The van der Waals surface area contributed by atoms with Crippen LogP contribution >= 0.6 is 0 Å². The molecule has 0 amide bonds. The molecule has 1 fully saturated rings. The Balaban J connectivity index is 2.27. The van der Waals surface area contributed by atoms with E-state index in [9.17, 15) is 4.79 Å². The van der Waals surface area contributed by atoms with Gasteiger partial charge >= 0.3 is 5.97 Å².